The molecule has 0 amide bonds. The van der Waals surface area contributed by atoms with E-state index in [1.165, 1.54) is 25.7 Å². The Balaban J connectivity index is 1.38. The third-order valence-corrected chi connectivity index (χ3v) is 7.96. The summed E-state index contributed by atoms with van der Waals surface area (Å²) in [5.74, 6) is 1.56. The van der Waals surface area contributed by atoms with Gasteiger partial charge in [-0.1, -0.05) is 13.8 Å². The minimum Gasteiger partial charge on any atom is -0.381 e. The maximum Gasteiger partial charge on any atom is 0.112 e. The largest absolute Gasteiger partial charge is 0.381 e. The van der Waals surface area contributed by atoms with Crippen LogP contribution in [0.4, 0.5) is 0 Å². The van der Waals surface area contributed by atoms with E-state index in [1.54, 1.807) is 0 Å². The highest BCUT2D eigenvalue weighted by Crippen LogP contribution is 2.32. The summed E-state index contributed by atoms with van der Waals surface area (Å²) < 4.78 is 17.6. The monoisotopic (exact) mass is 440 g/mol. The fraction of sp³-hybridized carbons (Fsp3) is 1.00. The van der Waals surface area contributed by atoms with Crippen molar-refractivity contribution in [2.45, 2.75) is 89.4 Å². The summed E-state index contributed by atoms with van der Waals surface area (Å²) in [7, 11) is 3.68. The van der Waals surface area contributed by atoms with Crippen LogP contribution in [-0.2, 0) is 14.2 Å². The quantitative estimate of drug-likeness (QED) is 0.455. The van der Waals surface area contributed by atoms with Crippen LogP contribution in [0.2, 0.25) is 0 Å². The fourth-order valence-corrected chi connectivity index (χ4v) is 5.74. The zero-order valence-electron chi connectivity index (χ0n) is 20.4. The van der Waals surface area contributed by atoms with Gasteiger partial charge in [-0.3, -0.25) is 16.0 Å². The van der Waals surface area contributed by atoms with Gasteiger partial charge < -0.3 is 19.1 Å². The van der Waals surface area contributed by atoms with Crippen LogP contribution < -0.4 is 16.0 Å². The average Bonchev–Trinajstić information content (AvgIpc) is 2.82. The van der Waals surface area contributed by atoms with Gasteiger partial charge in [-0.25, -0.2) is 0 Å². The number of hydrogen-bond donors (Lipinski definition) is 3. The van der Waals surface area contributed by atoms with Crippen LogP contribution in [0, 0.1) is 11.8 Å². The highest BCUT2D eigenvalue weighted by Gasteiger charge is 2.34. The standard InChI is InChI=1S/C24H48N4O3/c1-5-28(6-2)13-14-31-23-15-20(9-12-22(23)30-4)27-24-25-16-19(17-26-24)18-7-10-21(29-3)11-8-18/h18-27H,5-17H2,1-4H3. The maximum atomic E-state index is 6.30. The van der Waals surface area contributed by atoms with E-state index in [0.29, 0.717) is 12.1 Å². The Bertz CT molecular complexity index is 477. The summed E-state index contributed by atoms with van der Waals surface area (Å²) in [5.41, 5.74) is 0. The molecular formula is C24H48N4O3. The molecule has 3 rings (SSSR count). The zero-order valence-corrected chi connectivity index (χ0v) is 20.4. The normalized spacial score (nSPS) is 37.3. The molecule has 1 aliphatic heterocycles. The van der Waals surface area contributed by atoms with E-state index in [-0.39, 0.29) is 18.5 Å². The van der Waals surface area contributed by atoms with E-state index in [2.05, 4.69) is 34.7 Å². The molecule has 2 aliphatic carbocycles. The van der Waals surface area contributed by atoms with E-state index < -0.39 is 0 Å². The first kappa shape index (κ1) is 25.3. The molecule has 3 aliphatic rings. The molecule has 182 valence electrons. The van der Waals surface area contributed by atoms with Crippen molar-refractivity contribution in [3.63, 3.8) is 0 Å². The van der Waals surface area contributed by atoms with Crippen LogP contribution in [0.3, 0.4) is 0 Å². The van der Waals surface area contributed by atoms with Crippen molar-refractivity contribution in [3.8, 4) is 0 Å². The number of nitrogens with zero attached hydrogens (tertiary/aromatic N) is 1. The van der Waals surface area contributed by atoms with Crippen molar-refractivity contribution in [3.05, 3.63) is 0 Å². The van der Waals surface area contributed by atoms with Crippen molar-refractivity contribution >= 4 is 0 Å². The summed E-state index contributed by atoms with van der Waals surface area (Å²) in [5, 5.41) is 11.2. The van der Waals surface area contributed by atoms with E-state index in [1.807, 2.05) is 14.2 Å². The van der Waals surface area contributed by atoms with Crippen LogP contribution >= 0.6 is 0 Å². The first-order chi connectivity index (χ1) is 15.2. The number of nitrogens with one attached hydrogen (secondary N) is 3. The third kappa shape index (κ3) is 7.63. The topological polar surface area (TPSA) is 67.0 Å². The number of hydrogen-bond acceptors (Lipinski definition) is 7. The number of likely N-dealkylation sites (N-methyl/N-ethyl adjacent to an activating group) is 1. The van der Waals surface area contributed by atoms with Crippen molar-refractivity contribution < 1.29 is 14.2 Å². The molecule has 2 saturated carbocycles. The molecule has 0 bridgehead atoms. The summed E-state index contributed by atoms with van der Waals surface area (Å²) in [6.07, 6.45) is 9.34. The molecule has 7 nitrogen and oxygen atoms in total. The van der Waals surface area contributed by atoms with Gasteiger partial charge in [-0.05, 0) is 69.9 Å². The lowest BCUT2D eigenvalue weighted by atomic mass is 9.78. The van der Waals surface area contributed by atoms with Gasteiger partial charge in [-0.2, -0.15) is 0 Å². The van der Waals surface area contributed by atoms with Gasteiger partial charge in [0.25, 0.3) is 0 Å². The summed E-state index contributed by atoms with van der Waals surface area (Å²) >= 11 is 0. The van der Waals surface area contributed by atoms with Crippen LogP contribution in [-0.4, -0.2) is 89.1 Å². The molecule has 7 heteroatoms. The summed E-state index contributed by atoms with van der Waals surface area (Å²) in [4.78, 5) is 2.41. The highest BCUT2D eigenvalue weighted by molar-refractivity contribution is 4.89. The van der Waals surface area contributed by atoms with E-state index in [0.717, 1.165) is 70.4 Å². The van der Waals surface area contributed by atoms with Crippen molar-refractivity contribution in [1.82, 2.24) is 20.9 Å². The Labute approximate surface area is 190 Å². The molecule has 0 aromatic heterocycles. The second kappa shape index (κ2) is 13.4. The smallest absolute Gasteiger partial charge is 0.112 e. The van der Waals surface area contributed by atoms with Gasteiger partial charge in [0.2, 0.25) is 0 Å². The minimum atomic E-state index is 0.180. The highest BCUT2D eigenvalue weighted by atomic mass is 16.5. The molecule has 0 spiro atoms. The third-order valence-electron chi connectivity index (χ3n) is 7.96. The van der Waals surface area contributed by atoms with Gasteiger partial charge in [0.05, 0.1) is 24.9 Å². The Morgan fingerprint density at radius 2 is 1.55 bits per heavy atom. The molecule has 3 unspecified atom stereocenters. The minimum absolute atomic E-state index is 0.180. The van der Waals surface area contributed by atoms with Crippen molar-refractivity contribution in [2.75, 3.05) is 53.6 Å². The number of rotatable bonds is 11. The predicted molar refractivity (Wildman–Crippen MR) is 125 cm³/mol. The summed E-state index contributed by atoms with van der Waals surface area (Å²) in [6, 6.07) is 0.462. The Morgan fingerprint density at radius 3 is 2.16 bits per heavy atom. The van der Waals surface area contributed by atoms with E-state index in [4.69, 9.17) is 14.2 Å². The Morgan fingerprint density at radius 1 is 0.839 bits per heavy atom. The van der Waals surface area contributed by atoms with Gasteiger partial charge >= 0.3 is 0 Å². The van der Waals surface area contributed by atoms with Crippen LogP contribution in [0.1, 0.15) is 58.8 Å². The first-order valence-corrected chi connectivity index (χ1v) is 12.8. The van der Waals surface area contributed by atoms with Gasteiger partial charge in [0.15, 0.2) is 0 Å². The molecule has 0 aromatic rings. The van der Waals surface area contributed by atoms with Crippen molar-refractivity contribution in [2.24, 2.45) is 11.8 Å². The van der Waals surface area contributed by atoms with Gasteiger partial charge in [-0.15, -0.1) is 0 Å². The molecule has 0 radical (unpaired) electrons. The fourth-order valence-electron chi connectivity index (χ4n) is 5.74. The molecule has 0 aromatic carbocycles. The molecule has 31 heavy (non-hydrogen) atoms. The lowest BCUT2D eigenvalue weighted by Gasteiger charge is -2.41. The molecule has 3 N–H and O–H groups in total. The number of ether oxygens (including phenoxy) is 3. The van der Waals surface area contributed by atoms with E-state index in [9.17, 15) is 0 Å². The predicted octanol–water partition coefficient (Wildman–Crippen LogP) is 2.17. The van der Waals surface area contributed by atoms with Crippen molar-refractivity contribution in [1.29, 1.82) is 0 Å². The first-order valence-electron chi connectivity index (χ1n) is 12.8. The molecule has 3 atom stereocenters. The van der Waals surface area contributed by atoms with Gasteiger partial charge in [0.1, 0.15) is 6.29 Å². The molecule has 3 fully saturated rings. The van der Waals surface area contributed by atoms with E-state index >= 15 is 0 Å². The lowest BCUT2D eigenvalue weighted by Crippen LogP contribution is -2.63. The Kier molecular flexibility index (Phi) is 11.0. The van der Waals surface area contributed by atoms with Gasteiger partial charge in [0, 0.05) is 39.9 Å². The lowest BCUT2D eigenvalue weighted by molar-refractivity contribution is -0.0869. The van der Waals surface area contributed by atoms with Crippen LogP contribution in [0.5, 0.6) is 0 Å². The average molecular weight is 441 g/mol. The second-order valence-electron chi connectivity index (χ2n) is 9.67. The molecule has 1 heterocycles. The van der Waals surface area contributed by atoms with Crippen LogP contribution in [0.15, 0.2) is 0 Å². The van der Waals surface area contributed by atoms with Crippen LogP contribution in [0.25, 0.3) is 0 Å². The SMILES string of the molecule is CCN(CC)CCOC1CC(NC2NCC(C3CCC(OC)CC3)CN2)CCC1OC. The maximum absolute atomic E-state index is 6.30. The molecule has 1 saturated heterocycles. The zero-order chi connectivity index (χ0) is 22.1. The number of methoxy groups -OCH3 is 2. The summed E-state index contributed by atoms with van der Waals surface area (Å²) in [6.45, 7) is 10.6. The molecular weight excluding hydrogens is 392 g/mol. The Hall–Kier alpha value is -0.280. The second-order valence-corrected chi connectivity index (χ2v) is 9.67.